The van der Waals surface area contributed by atoms with Crippen molar-refractivity contribution in [3.8, 4) is 0 Å². The highest BCUT2D eigenvalue weighted by Gasteiger charge is 2.40. The van der Waals surface area contributed by atoms with Crippen molar-refractivity contribution < 1.29 is 22.5 Å². The lowest BCUT2D eigenvalue weighted by molar-refractivity contribution is -0.384. The molecule has 0 saturated carbocycles. The summed E-state index contributed by atoms with van der Waals surface area (Å²) in [6.07, 6.45) is -3.84. The lowest BCUT2D eigenvalue weighted by atomic mass is 10.2. The van der Waals surface area contributed by atoms with Gasteiger partial charge < -0.3 is 5.32 Å². The molecule has 0 unspecified atom stereocenters. The summed E-state index contributed by atoms with van der Waals surface area (Å²) in [4.78, 5) is 9.81. The second kappa shape index (κ2) is 5.51. The van der Waals surface area contributed by atoms with Crippen molar-refractivity contribution in [3.63, 3.8) is 0 Å². The minimum absolute atomic E-state index is 0.255. The van der Waals surface area contributed by atoms with Crippen LogP contribution in [0, 0.1) is 10.1 Å². The quantitative estimate of drug-likeness (QED) is 0.509. The van der Waals surface area contributed by atoms with Crippen molar-refractivity contribution in [3.05, 3.63) is 32.8 Å². The Morgan fingerprint density at radius 2 is 2.06 bits per heavy atom. The minimum Gasteiger partial charge on any atom is -0.373 e. The van der Waals surface area contributed by atoms with Crippen LogP contribution >= 0.6 is 15.9 Å². The Hall–Kier alpha value is -1.38. The smallest absolute Gasteiger partial charge is 0.324 e. The third kappa shape index (κ3) is 3.56. The average Bonchev–Trinajstić information content (AvgIpc) is 2.26. The summed E-state index contributed by atoms with van der Waals surface area (Å²) in [6, 6.07) is 3.58. The summed E-state index contributed by atoms with van der Waals surface area (Å²) in [7, 11) is 0. The van der Waals surface area contributed by atoms with Crippen LogP contribution < -0.4 is 5.32 Å². The first kappa shape index (κ1) is 14.7. The van der Waals surface area contributed by atoms with Gasteiger partial charge in [-0.2, -0.15) is 8.78 Å². The van der Waals surface area contributed by atoms with Crippen LogP contribution in [0.3, 0.4) is 0 Å². The summed E-state index contributed by atoms with van der Waals surface area (Å²) >= 11 is 3.00. The fraction of sp³-hybridized carbons (Fsp3) is 0.333. The summed E-state index contributed by atoms with van der Waals surface area (Å²) in [5.41, 5.74) is -0.724. The lowest BCUT2D eigenvalue weighted by Gasteiger charge is -2.16. The Labute approximate surface area is 107 Å². The molecule has 0 aromatic heterocycles. The molecule has 100 valence electrons. The van der Waals surface area contributed by atoms with E-state index >= 15 is 0 Å². The summed E-state index contributed by atoms with van der Waals surface area (Å²) < 4.78 is 49.6. The molecule has 4 nitrogen and oxygen atoms in total. The van der Waals surface area contributed by atoms with Gasteiger partial charge in [0.05, 0.1) is 11.5 Å². The molecule has 1 aromatic carbocycles. The Morgan fingerprint density at radius 1 is 1.44 bits per heavy atom. The van der Waals surface area contributed by atoms with E-state index in [4.69, 9.17) is 0 Å². The Balaban J connectivity index is 2.90. The van der Waals surface area contributed by atoms with Gasteiger partial charge in [-0.15, -0.1) is 0 Å². The maximum absolute atomic E-state index is 12.7. The first-order valence-electron chi connectivity index (χ1n) is 4.58. The second-order valence-electron chi connectivity index (χ2n) is 3.33. The molecule has 0 radical (unpaired) electrons. The predicted octanol–water partition coefficient (Wildman–Crippen LogP) is 3.67. The van der Waals surface area contributed by atoms with Gasteiger partial charge in [0.15, 0.2) is 0 Å². The topological polar surface area (TPSA) is 55.2 Å². The summed E-state index contributed by atoms with van der Waals surface area (Å²) in [5.74, 6) is -4.25. The average molecular weight is 331 g/mol. The molecular formula is C9H7BrF4N2O2. The van der Waals surface area contributed by atoms with Gasteiger partial charge in [0.2, 0.25) is 0 Å². The normalized spacial score (nSPS) is 11.7. The highest BCUT2D eigenvalue weighted by atomic mass is 79.9. The number of nitrogens with zero attached hydrogens (tertiary/aromatic N) is 1. The SMILES string of the molecule is O=[N+]([O-])c1ccc(Br)cc1NCC(F)(F)C(F)F. The van der Waals surface area contributed by atoms with Crippen LogP contribution in [-0.4, -0.2) is 23.8 Å². The van der Waals surface area contributed by atoms with Crippen molar-refractivity contribution in [1.29, 1.82) is 0 Å². The van der Waals surface area contributed by atoms with E-state index in [0.717, 1.165) is 6.07 Å². The van der Waals surface area contributed by atoms with Crippen molar-refractivity contribution >= 4 is 27.3 Å². The number of hydrogen-bond acceptors (Lipinski definition) is 3. The number of benzene rings is 1. The zero-order valence-electron chi connectivity index (χ0n) is 8.67. The van der Waals surface area contributed by atoms with Crippen LogP contribution in [-0.2, 0) is 0 Å². The zero-order valence-corrected chi connectivity index (χ0v) is 10.3. The molecule has 18 heavy (non-hydrogen) atoms. The van der Waals surface area contributed by atoms with Crippen LogP contribution in [0.15, 0.2) is 22.7 Å². The third-order valence-electron chi connectivity index (χ3n) is 1.99. The van der Waals surface area contributed by atoms with Crippen LogP contribution in [0.25, 0.3) is 0 Å². The molecule has 0 spiro atoms. The maximum Gasteiger partial charge on any atom is 0.324 e. The molecule has 0 aliphatic heterocycles. The number of alkyl halides is 4. The van der Waals surface area contributed by atoms with Crippen LogP contribution in [0.2, 0.25) is 0 Å². The number of rotatable bonds is 5. The zero-order chi connectivity index (χ0) is 13.9. The molecule has 0 atom stereocenters. The number of anilines is 1. The van der Waals surface area contributed by atoms with Gasteiger partial charge in [0.1, 0.15) is 5.69 Å². The van der Waals surface area contributed by atoms with Gasteiger partial charge in [-0.1, -0.05) is 15.9 Å². The molecule has 0 bridgehead atoms. The Bertz CT molecular complexity index is 456. The van der Waals surface area contributed by atoms with Gasteiger partial charge in [0.25, 0.3) is 5.69 Å². The highest BCUT2D eigenvalue weighted by molar-refractivity contribution is 9.10. The van der Waals surface area contributed by atoms with Crippen molar-refractivity contribution in [1.82, 2.24) is 0 Å². The standard InChI is InChI=1S/C9H7BrF4N2O2/c10-5-1-2-7(16(17)18)6(3-5)15-4-9(13,14)8(11)12/h1-3,8,15H,4H2. The van der Waals surface area contributed by atoms with Crippen molar-refractivity contribution in [2.45, 2.75) is 12.3 Å². The van der Waals surface area contributed by atoms with Gasteiger partial charge in [-0.25, -0.2) is 8.78 Å². The summed E-state index contributed by atoms with van der Waals surface area (Å²) in [5, 5.41) is 12.6. The van der Waals surface area contributed by atoms with Crippen LogP contribution in [0.1, 0.15) is 0 Å². The summed E-state index contributed by atoms with van der Waals surface area (Å²) in [6.45, 7) is -1.39. The second-order valence-corrected chi connectivity index (χ2v) is 4.25. The maximum atomic E-state index is 12.7. The van der Waals surface area contributed by atoms with Crippen LogP contribution in [0.4, 0.5) is 28.9 Å². The van der Waals surface area contributed by atoms with Gasteiger partial charge >= 0.3 is 12.3 Å². The van der Waals surface area contributed by atoms with Crippen molar-refractivity contribution in [2.24, 2.45) is 0 Å². The monoisotopic (exact) mass is 330 g/mol. The van der Waals surface area contributed by atoms with Crippen LogP contribution in [0.5, 0.6) is 0 Å². The van der Waals surface area contributed by atoms with E-state index in [1.165, 1.54) is 12.1 Å². The molecule has 0 aliphatic rings. The third-order valence-corrected chi connectivity index (χ3v) is 2.48. The molecule has 1 rings (SSSR count). The van der Waals surface area contributed by atoms with E-state index in [1.807, 2.05) is 5.32 Å². The van der Waals surface area contributed by atoms with Crippen molar-refractivity contribution in [2.75, 3.05) is 11.9 Å². The van der Waals surface area contributed by atoms with E-state index in [1.54, 1.807) is 0 Å². The van der Waals surface area contributed by atoms with E-state index < -0.39 is 29.5 Å². The molecule has 9 heteroatoms. The van der Waals surface area contributed by atoms with Gasteiger partial charge in [-0.3, -0.25) is 10.1 Å². The lowest BCUT2D eigenvalue weighted by Crippen LogP contribution is -2.34. The highest BCUT2D eigenvalue weighted by Crippen LogP contribution is 2.30. The fourth-order valence-electron chi connectivity index (χ4n) is 1.10. The fourth-order valence-corrected chi connectivity index (χ4v) is 1.46. The molecular weight excluding hydrogens is 324 g/mol. The first-order valence-corrected chi connectivity index (χ1v) is 5.37. The predicted molar refractivity (Wildman–Crippen MR) is 60.2 cm³/mol. The number of nitro groups is 1. The molecule has 1 N–H and O–H groups in total. The Kier molecular flexibility index (Phi) is 4.49. The van der Waals surface area contributed by atoms with E-state index in [0.29, 0.717) is 4.47 Å². The molecule has 0 aliphatic carbocycles. The molecule has 0 fully saturated rings. The largest absolute Gasteiger partial charge is 0.373 e. The minimum atomic E-state index is -4.25. The van der Waals surface area contributed by atoms with E-state index in [2.05, 4.69) is 15.9 Å². The number of nitrogens with one attached hydrogen (secondary N) is 1. The van der Waals surface area contributed by atoms with Gasteiger partial charge in [-0.05, 0) is 12.1 Å². The van der Waals surface area contributed by atoms with E-state index in [-0.39, 0.29) is 5.69 Å². The molecule has 1 aromatic rings. The molecule has 0 amide bonds. The Morgan fingerprint density at radius 3 is 2.56 bits per heavy atom. The number of halogens is 5. The molecule has 0 heterocycles. The number of nitro benzene ring substituents is 1. The van der Waals surface area contributed by atoms with E-state index in [9.17, 15) is 27.7 Å². The first-order chi connectivity index (χ1) is 8.24. The molecule has 0 saturated heterocycles. The number of hydrogen-bond donors (Lipinski definition) is 1. The van der Waals surface area contributed by atoms with Gasteiger partial charge in [0, 0.05) is 10.5 Å².